The van der Waals surface area contributed by atoms with Crippen LogP contribution in [0, 0.1) is 0 Å². The molecule has 0 aliphatic heterocycles. The lowest BCUT2D eigenvalue weighted by Gasteiger charge is -2.05. The van der Waals surface area contributed by atoms with Gasteiger partial charge in [0.05, 0.1) is 0 Å². The molecular weight excluding hydrogens is 220 g/mol. The third kappa shape index (κ3) is 3.19. The predicted molar refractivity (Wildman–Crippen MR) is 75.6 cm³/mol. The van der Waals surface area contributed by atoms with Crippen molar-refractivity contribution in [3.05, 3.63) is 59.2 Å². The van der Waals surface area contributed by atoms with E-state index in [4.69, 9.17) is 0 Å². The Morgan fingerprint density at radius 3 is 2.67 bits per heavy atom. The largest absolute Gasteiger partial charge is 0.295 e. The van der Waals surface area contributed by atoms with Gasteiger partial charge in [-0.1, -0.05) is 48.1 Å². The van der Waals surface area contributed by atoms with E-state index in [1.807, 2.05) is 18.2 Å². The first-order valence-corrected chi connectivity index (χ1v) is 6.59. The Labute approximate surface area is 109 Å². The highest BCUT2D eigenvalue weighted by Gasteiger charge is 2.24. The molecule has 0 spiro atoms. The molecule has 1 unspecified atom stereocenters. The van der Waals surface area contributed by atoms with E-state index in [0.717, 1.165) is 18.4 Å². The quantitative estimate of drug-likeness (QED) is 0.712. The predicted octanol–water partition coefficient (Wildman–Crippen LogP) is 4.42. The second-order valence-electron chi connectivity index (χ2n) is 5.16. The van der Waals surface area contributed by atoms with Crippen molar-refractivity contribution in [2.24, 2.45) is 0 Å². The maximum absolute atomic E-state index is 11.9. The maximum Gasteiger partial charge on any atom is 0.159 e. The molecule has 0 radical (unpaired) electrons. The number of ketones is 1. The monoisotopic (exact) mass is 240 g/mol. The number of hydrogen-bond acceptors (Lipinski definition) is 1. The van der Waals surface area contributed by atoms with Gasteiger partial charge >= 0.3 is 0 Å². The van der Waals surface area contributed by atoms with Crippen molar-refractivity contribution in [3.63, 3.8) is 0 Å². The SMILES string of the molecule is CC(C)=CCCC1=CC(c2ccccc2)CC1=O. The van der Waals surface area contributed by atoms with Gasteiger partial charge in [0, 0.05) is 12.3 Å². The molecule has 1 aromatic rings. The molecule has 94 valence electrons. The number of benzene rings is 1. The Morgan fingerprint density at radius 1 is 1.28 bits per heavy atom. The fourth-order valence-electron chi connectivity index (χ4n) is 2.38. The summed E-state index contributed by atoms with van der Waals surface area (Å²) in [6, 6.07) is 10.3. The third-order valence-electron chi connectivity index (χ3n) is 3.36. The Morgan fingerprint density at radius 2 is 2.00 bits per heavy atom. The number of carbonyl (C=O) groups is 1. The minimum Gasteiger partial charge on any atom is -0.295 e. The van der Waals surface area contributed by atoms with Crippen LogP contribution in [0.4, 0.5) is 0 Å². The van der Waals surface area contributed by atoms with Crippen molar-refractivity contribution >= 4 is 5.78 Å². The van der Waals surface area contributed by atoms with Crippen molar-refractivity contribution in [1.29, 1.82) is 0 Å². The van der Waals surface area contributed by atoms with E-state index in [2.05, 4.69) is 38.1 Å². The minimum atomic E-state index is 0.292. The maximum atomic E-state index is 11.9. The first-order valence-electron chi connectivity index (χ1n) is 6.59. The van der Waals surface area contributed by atoms with Gasteiger partial charge in [-0.2, -0.15) is 0 Å². The first kappa shape index (κ1) is 12.8. The molecule has 0 saturated heterocycles. The van der Waals surface area contributed by atoms with E-state index in [1.165, 1.54) is 11.1 Å². The first-order chi connectivity index (χ1) is 8.66. The second-order valence-corrected chi connectivity index (χ2v) is 5.16. The average molecular weight is 240 g/mol. The summed E-state index contributed by atoms with van der Waals surface area (Å²) in [5.41, 5.74) is 3.59. The molecule has 0 amide bonds. The van der Waals surface area contributed by atoms with Crippen LogP contribution in [-0.4, -0.2) is 5.78 Å². The standard InChI is InChI=1S/C17H20O/c1-13(2)7-6-10-15-11-16(12-17(15)18)14-8-4-3-5-9-14/h3-5,7-9,11,16H,6,10,12H2,1-2H3. The molecule has 1 nitrogen and oxygen atoms in total. The highest BCUT2D eigenvalue weighted by molar-refractivity contribution is 5.98. The van der Waals surface area contributed by atoms with Crippen LogP contribution in [0.2, 0.25) is 0 Å². The normalized spacial score (nSPS) is 18.7. The molecular formula is C17H20O. The van der Waals surface area contributed by atoms with E-state index < -0.39 is 0 Å². The Kier molecular flexibility index (Phi) is 4.14. The van der Waals surface area contributed by atoms with Gasteiger partial charge in [-0.15, -0.1) is 0 Å². The van der Waals surface area contributed by atoms with Crippen molar-refractivity contribution in [2.45, 2.75) is 39.0 Å². The zero-order chi connectivity index (χ0) is 13.0. The van der Waals surface area contributed by atoms with Crippen LogP contribution in [0.3, 0.4) is 0 Å². The van der Waals surface area contributed by atoms with Crippen LogP contribution >= 0.6 is 0 Å². The molecule has 0 fully saturated rings. The molecule has 0 heterocycles. The summed E-state index contributed by atoms with van der Waals surface area (Å²) in [5.74, 6) is 0.617. The summed E-state index contributed by atoms with van der Waals surface area (Å²) in [5, 5.41) is 0. The zero-order valence-corrected chi connectivity index (χ0v) is 11.1. The van der Waals surface area contributed by atoms with Crippen LogP contribution in [0.5, 0.6) is 0 Å². The summed E-state index contributed by atoms with van der Waals surface area (Å²) in [6.07, 6.45) is 6.86. The molecule has 1 heteroatoms. The molecule has 0 aromatic heterocycles. The van der Waals surface area contributed by atoms with Crippen molar-refractivity contribution in [2.75, 3.05) is 0 Å². The van der Waals surface area contributed by atoms with Crippen LogP contribution in [-0.2, 0) is 4.79 Å². The molecule has 1 aliphatic rings. The molecule has 0 bridgehead atoms. The van der Waals surface area contributed by atoms with E-state index in [-0.39, 0.29) is 0 Å². The minimum absolute atomic E-state index is 0.292. The smallest absolute Gasteiger partial charge is 0.159 e. The Balaban J connectivity index is 2.04. The number of Topliss-reactive ketones (excluding diaryl/α,β-unsaturated/α-hetero) is 1. The van der Waals surface area contributed by atoms with Crippen molar-refractivity contribution in [3.8, 4) is 0 Å². The number of carbonyl (C=O) groups excluding carboxylic acids is 1. The van der Waals surface area contributed by atoms with Crippen LogP contribution in [0.15, 0.2) is 53.6 Å². The average Bonchev–Trinajstić information content (AvgIpc) is 2.72. The number of hydrogen-bond donors (Lipinski definition) is 0. The lowest BCUT2D eigenvalue weighted by atomic mass is 9.99. The van der Waals surface area contributed by atoms with Gasteiger partial charge in [-0.05, 0) is 37.8 Å². The van der Waals surface area contributed by atoms with Gasteiger partial charge < -0.3 is 0 Å². The number of rotatable bonds is 4. The molecule has 0 saturated carbocycles. The van der Waals surface area contributed by atoms with E-state index >= 15 is 0 Å². The molecule has 1 atom stereocenters. The summed E-state index contributed by atoms with van der Waals surface area (Å²) in [7, 11) is 0. The zero-order valence-electron chi connectivity index (χ0n) is 11.1. The Bertz CT molecular complexity index is 476. The van der Waals surface area contributed by atoms with Crippen LogP contribution in [0.25, 0.3) is 0 Å². The second kappa shape index (κ2) is 5.81. The molecule has 1 aliphatic carbocycles. The van der Waals surface area contributed by atoms with Gasteiger partial charge in [0.15, 0.2) is 5.78 Å². The van der Waals surface area contributed by atoms with E-state index in [9.17, 15) is 4.79 Å². The molecule has 1 aromatic carbocycles. The van der Waals surface area contributed by atoms with Crippen LogP contribution in [0.1, 0.15) is 44.6 Å². The fourth-order valence-corrected chi connectivity index (χ4v) is 2.38. The van der Waals surface area contributed by atoms with Crippen LogP contribution < -0.4 is 0 Å². The summed E-state index contributed by atoms with van der Waals surface area (Å²) in [4.78, 5) is 11.9. The molecule has 2 rings (SSSR count). The van der Waals surface area contributed by atoms with E-state index in [0.29, 0.717) is 18.1 Å². The van der Waals surface area contributed by atoms with Gasteiger partial charge in [-0.25, -0.2) is 0 Å². The highest BCUT2D eigenvalue weighted by Crippen LogP contribution is 2.32. The van der Waals surface area contributed by atoms with Gasteiger partial charge in [0.25, 0.3) is 0 Å². The number of allylic oxidation sites excluding steroid dienone is 4. The van der Waals surface area contributed by atoms with Gasteiger partial charge in [0.1, 0.15) is 0 Å². The highest BCUT2D eigenvalue weighted by atomic mass is 16.1. The Hall–Kier alpha value is -1.63. The lowest BCUT2D eigenvalue weighted by Crippen LogP contribution is -1.97. The lowest BCUT2D eigenvalue weighted by molar-refractivity contribution is -0.115. The third-order valence-corrected chi connectivity index (χ3v) is 3.36. The topological polar surface area (TPSA) is 17.1 Å². The van der Waals surface area contributed by atoms with Gasteiger partial charge in [-0.3, -0.25) is 4.79 Å². The van der Waals surface area contributed by atoms with Gasteiger partial charge in [0.2, 0.25) is 0 Å². The molecule has 0 N–H and O–H groups in total. The van der Waals surface area contributed by atoms with Crippen molar-refractivity contribution < 1.29 is 4.79 Å². The summed E-state index contributed by atoms with van der Waals surface area (Å²) in [6.45, 7) is 4.19. The van der Waals surface area contributed by atoms with E-state index in [1.54, 1.807) is 0 Å². The summed E-state index contributed by atoms with van der Waals surface area (Å²) >= 11 is 0. The summed E-state index contributed by atoms with van der Waals surface area (Å²) < 4.78 is 0. The fraction of sp³-hybridized carbons (Fsp3) is 0.353. The molecule has 18 heavy (non-hydrogen) atoms. The van der Waals surface area contributed by atoms with Crippen molar-refractivity contribution in [1.82, 2.24) is 0 Å².